The van der Waals surface area contributed by atoms with Crippen LogP contribution in [0.2, 0.25) is 0 Å². The molecule has 0 aliphatic rings. The summed E-state index contributed by atoms with van der Waals surface area (Å²) in [6, 6.07) is 20.3. The Labute approximate surface area is 112 Å². The Kier molecular flexibility index (Phi) is 4.59. The Morgan fingerprint density at radius 3 is 2.11 bits per heavy atom. The van der Waals surface area contributed by atoms with E-state index in [1.165, 1.54) is 5.56 Å². The molecule has 0 aliphatic heterocycles. The molecule has 0 spiro atoms. The SMILES string of the molecule is CC(=O)[C@@H](Cc1ccccc1)Sc1ccccc1. The Bertz CT molecular complexity index is 452. The van der Waals surface area contributed by atoms with Gasteiger partial charge in [0.05, 0.1) is 5.25 Å². The summed E-state index contributed by atoms with van der Waals surface area (Å²) in [6.45, 7) is 1.67. The number of carbonyl (C=O) groups excluding carboxylic acids is 1. The van der Waals surface area contributed by atoms with E-state index < -0.39 is 0 Å². The van der Waals surface area contributed by atoms with E-state index in [9.17, 15) is 4.79 Å². The Morgan fingerprint density at radius 2 is 1.56 bits per heavy atom. The first-order valence-electron chi connectivity index (χ1n) is 6.02. The highest BCUT2D eigenvalue weighted by atomic mass is 32.2. The largest absolute Gasteiger partial charge is 0.299 e. The van der Waals surface area contributed by atoms with E-state index in [1.807, 2.05) is 48.5 Å². The van der Waals surface area contributed by atoms with Crippen LogP contribution >= 0.6 is 11.8 Å². The maximum atomic E-state index is 11.7. The molecule has 0 fully saturated rings. The molecule has 0 N–H and O–H groups in total. The summed E-state index contributed by atoms with van der Waals surface area (Å²) >= 11 is 1.64. The molecule has 0 radical (unpaired) electrons. The van der Waals surface area contributed by atoms with Gasteiger partial charge in [0.2, 0.25) is 0 Å². The summed E-state index contributed by atoms with van der Waals surface area (Å²) < 4.78 is 0. The summed E-state index contributed by atoms with van der Waals surface area (Å²) in [6.07, 6.45) is 0.787. The van der Waals surface area contributed by atoms with Crippen LogP contribution in [0.4, 0.5) is 0 Å². The molecule has 0 heterocycles. The predicted molar refractivity (Wildman–Crippen MR) is 76.9 cm³/mol. The number of ketones is 1. The average Bonchev–Trinajstić information content (AvgIpc) is 2.40. The van der Waals surface area contributed by atoms with Gasteiger partial charge >= 0.3 is 0 Å². The van der Waals surface area contributed by atoms with Gasteiger partial charge in [0, 0.05) is 4.90 Å². The molecule has 2 heteroatoms. The molecule has 0 bridgehead atoms. The molecular formula is C16H16OS. The molecule has 2 aromatic rings. The first-order chi connectivity index (χ1) is 8.75. The minimum Gasteiger partial charge on any atom is -0.299 e. The van der Waals surface area contributed by atoms with Gasteiger partial charge in [-0.1, -0.05) is 48.5 Å². The van der Waals surface area contributed by atoms with Crippen molar-refractivity contribution in [1.82, 2.24) is 0 Å². The van der Waals surface area contributed by atoms with E-state index >= 15 is 0 Å². The molecule has 1 atom stereocenters. The fraction of sp³-hybridized carbons (Fsp3) is 0.188. The Hall–Kier alpha value is -1.54. The molecule has 2 aromatic carbocycles. The van der Waals surface area contributed by atoms with Crippen molar-refractivity contribution in [3.63, 3.8) is 0 Å². The Balaban J connectivity index is 2.08. The topological polar surface area (TPSA) is 17.1 Å². The highest BCUT2D eigenvalue weighted by molar-refractivity contribution is 8.00. The molecule has 0 unspecified atom stereocenters. The first kappa shape index (κ1) is 12.9. The van der Waals surface area contributed by atoms with Gasteiger partial charge in [-0.05, 0) is 31.0 Å². The highest BCUT2D eigenvalue weighted by Gasteiger charge is 2.16. The van der Waals surface area contributed by atoms with Gasteiger partial charge in [-0.2, -0.15) is 0 Å². The van der Waals surface area contributed by atoms with Gasteiger partial charge in [0.25, 0.3) is 0 Å². The molecule has 18 heavy (non-hydrogen) atoms. The normalized spacial score (nSPS) is 12.1. The first-order valence-corrected chi connectivity index (χ1v) is 6.90. The van der Waals surface area contributed by atoms with Crippen LogP contribution < -0.4 is 0 Å². The van der Waals surface area contributed by atoms with E-state index in [0.29, 0.717) is 0 Å². The van der Waals surface area contributed by atoms with E-state index in [0.717, 1.165) is 11.3 Å². The molecule has 0 saturated carbocycles. The summed E-state index contributed by atoms with van der Waals surface area (Å²) in [5.74, 6) is 0.229. The van der Waals surface area contributed by atoms with Crippen LogP contribution in [0, 0.1) is 0 Å². The van der Waals surface area contributed by atoms with E-state index in [4.69, 9.17) is 0 Å². The van der Waals surface area contributed by atoms with Crippen molar-refractivity contribution < 1.29 is 4.79 Å². The number of Topliss-reactive ketones (excluding diaryl/α,β-unsaturated/α-hetero) is 1. The van der Waals surface area contributed by atoms with Crippen molar-refractivity contribution >= 4 is 17.5 Å². The monoisotopic (exact) mass is 256 g/mol. The third-order valence-corrected chi connectivity index (χ3v) is 4.07. The molecule has 0 aromatic heterocycles. The molecule has 1 nitrogen and oxygen atoms in total. The maximum absolute atomic E-state index is 11.7. The summed E-state index contributed by atoms with van der Waals surface area (Å²) in [5.41, 5.74) is 1.21. The number of hydrogen-bond acceptors (Lipinski definition) is 2. The second-order valence-corrected chi connectivity index (χ2v) is 5.50. The van der Waals surface area contributed by atoms with Crippen molar-refractivity contribution in [3.05, 3.63) is 66.2 Å². The van der Waals surface area contributed by atoms with Gasteiger partial charge in [0.1, 0.15) is 5.78 Å². The van der Waals surface area contributed by atoms with Gasteiger partial charge < -0.3 is 0 Å². The molecule has 0 amide bonds. The highest BCUT2D eigenvalue weighted by Crippen LogP contribution is 2.26. The zero-order chi connectivity index (χ0) is 12.8. The van der Waals surface area contributed by atoms with Gasteiger partial charge in [-0.15, -0.1) is 11.8 Å². The van der Waals surface area contributed by atoms with Crippen LogP contribution in [0.1, 0.15) is 12.5 Å². The van der Waals surface area contributed by atoms with Crippen LogP contribution in [-0.4, -0.2) is 11.0 Å². The average molecular weight is 256 g/mol. The summed E-state index contributed by atoms with van der Waals surface area (Å²) in [5, 5.41) is -0.00481. The quantitative estimate of drug-likeness (QED) is 0.753. The van der Waals surface area contributed by atoms with E-state index in [-0.39, 0.29) is 11.0 Å². The van der Waals surface area contributed by atoms with Crippen LogP contribution in [0.5, 0.6) is 0 Å². The minimum absolute atomic E-state index is 0.00481. The maximum Gasteiger partial charge on any atom is 0.143 e. The predicted octanol–water partition coefficient (Wildman–Crippen LogP) is 3.98. The van der Waals surface area contributed by atoms with Crippen molar-refractivity contribution in [2.24, 2.45) is 0 Å². The van der Waals surface area contributed by atoms with Crippen molar-refractivity contribution in [2.75, 3.05) is 0 Å². The lowest BCUT2D eigenvalue weighted by Gasteiger charge is -2.13. The number of rotatable bonds is 5. The number of hydrogen-bond donors (Lipinski definition) is 0. The zero-order valence-electron chi connectivity index (χ0n) is 10.4. The number of carbonyl (C=O) groups is 1. The lowest BCUT2D eigenvalue weighted by atomic mass is 10.1. The lowest BCUT2D eigenvalue weighted by molar-refractivity contribution is -0.116. The van der Waals surface area contributed by atoms with Gasteiger partial charge in [-0.25, -0.2) is 0 Å². The van der Waals surface area contributed by atoms with Gasteiger partial charge in [-0.3, -0.25) is 4.79 Å². The van der Waals surface area contributed by atoms with Crippen LogP contribution in [0.3, 0.4) is 0 Å². The summed E-state index contributed by atoms with van der Waals surface area (Å²) in [7, 11) is 0. The number of thioether (sulfide) groups is 1. The second-order valence-electron chi connectivity index (χ2n) is 4.22. The van der Waals surface area contributed by atoms with Crippen molar-refractivity contribution in [1.29, 1.82) is 0 Å². The fourth-order valence-corrected chi connectivity index (χ4v) is 2.84. The second kappa shape index (κ2) is 6.41. The van der Waals surface area contributed by atoms with E-state index in [1.54, 1.807) is 18.7 Å². The van der Waals surface area contributed by atoms with Crippen LogP contribution in [0.25, 0.3) is 0 Å². The molecule has 2 rings (SSSR count). The smallest absolute Gasteiger partial charge is 0.143 e. The fourth-order valence-electron chi connectivity index (χ4n) is 1.76. The molecule has 92 valence electrons. The van der Waals surface area contributed by atoms with Crippen molar-refractivity contribution in [2.45, 2.75) is 23.5 Å². The van der Waals surface area contributed by atoms with E-state index in [2.05, 4.69) is 12.1 Å². The molecule has 0 saturated heterocycles. The summed E-state index contributed by atoms with van der Waals surface area (Å²) in [4.78, 5) is 12.9. The number of benzene rings is 2. The lowest BCUT2D eigenvalue weighted by Crippen LogP contribution is -2.16. The third-order valence-electron chi connectivity index (χ3n) is 2.74. The third kappa shape index (κ3) is 3.74. The zero-order valence-corrected chi connectivity index (χ0v) is 11.2. The van der Waals surface area contributed by atoms with Crippen LogP contribution in [0.15, 0.2) is 65.6 Å². The van der Waals surface area contributed by atoms with Gasteiger partial charge in [0.15, 0.2) is 0 Å². The standard InChI is InChI=1S/C16H16OS/c1-13(17)16(12-14-8-4-2-5-9-14)18-15-10-6-3-7-11-15/h2-11,16H,12H2,1H3/t16-/m1/s1. The van der Waals surface area contributed by atoms with Crippen LogP contribution in [-0.2, 0) is 11.2 Å². The molecule has 0 aliphatic carbocycles. The Morgan fingerprint density at radius 1 is 1.00 bits per heavy atom. The molecular weight excluding hydrogens is 240 g/mol. The van der Waals surface area contributed by atoms with Crippen molar-refractivity contribution in [3.8, 4) is 0 Å². The minimum atomic E-state index is -0.00481.